The largest absolute Gasteiger partial charge is 0.327 e. The van der Waals surface area contributed by atoms with Crippen LogP contribution < -0.4 is 5.73 Å². The van der Waals surface area contributed by atoms with Gasteiger partial charge >= 0.3 is 0 Å². The van der Waals surface area contributed by atoms with Gasteiger partial charge in [-0.3, -0.25) is 0 Å². The van der Waals surface area contributed by atoms with E-state index in [1.807, 2.05) is 0 Å². The second-order valence-corrected chi connectivity index (χ2v) is 8.11. The van der Waals surface area contributed by atoms with Gasteiger partial charge < -0.3 is 10.6 Å². The molecule has 0 radical (unpaired) electrons. The highest BCUT2D eigenvalue weighted by atomic mass is 15.1. The SMILES string of the molecule is CC1CCCC(N(C)CC2CC(C(C)C)CCC2N)C1. The van der Waals surface area contributed by atoms with E-state index in [1.54, 1.807) is 0 Å². The van der Waals surface area contributed by atoms with Crippen molar-refractivity contribution in [1.82, 2.24) is 4.90 Å². The molecule has 2 aliphatic carbocycles. The first-order valence-corrected chi connectivity index (χ1v) is 8.93. The molecule has 2 saturated carbocycles. The van der Waals surface area contributed by atoms with E-state index in [0.29, 0.717) is 6.04 Å². The molecular weight excluding hydrogens is 244 g/mol. The summed E-state index contributed by atoms with van der Waals surface area (Å²) in [4.78, 5) is 2.64. The van der Waals surface area contributed by atoms with Gasteiger partial charge in [0.15, 0.2) is 0 Å². The first kappa shape index (κ1) is 16.3. The Morgan fingerprint density at radius 2 is 1.85 bits per heavy atom. The predicted molar refractivity (Wildman–Crippen MR) is 87.7 cm³/mol. The van der Waals surface area contributed by atoms with Crippen LogP contribution in [0, 0.1) is 23.7 Å². The normalized spacial score (nSPS) is 39.5. The van der Waals surface area contributed by atoms with E-state index in [1.165, 1.54) is 51.5 Å². The predicted octanol–water partition coefficient (Wildman–Crippen LogP) is 3.90. The third-order valence-electron chi connectivity index (χ3n) is 6.08. The van der Waals surface area contributed by atoms with Crippen LogP contribution >= 0.6 is 0 Å². The number of hydrogen-bond acceptors (Lipinski definition) is 2. The molecule has 118 valence electrons. The van der Waals surface area contributed by atoms with Gasteiger partial charge in [-0.05, 0) is 62.8 Å². The van der Waals surface area contributed by atoms with Gasteiger partial charge in [0.1, 0.15) is 0 Å². The Morgan fingerprint density at radius 3 is 2.50 bits per heavy atom. The van der Waals surface area contributed by atoms with Gasteiger partial charge in [0.2, 0.25) is 0 Å². The summed E-state index contributed by atoms with van der Waals surface area (Å²) in [5.74, 6) is 3.36. The lowest BCUT2D eigenvalue weighted by Crippen LogP contribution is -2.46. The molecule has 2 aliphatic rings. The lowest BCUT2D eigenvalue weighted by molar-refractivity contribution is 0.103. The van der Waals surface area contributed by atoms with Crippen LogP contribution in [0.4, 0.5) is 0 Å². The molecule has 2 fully saturated rings. The summed E-state index contributed by atoms with van der Waals surface area (Å²) in [7, 11) is 2.34. The van der Waals surface area contributed by atoms with E-state index < -0.39 is 0 Å². The van der Waals surface area contributed by atoms with Crippen LogP contribution in [0.1, 0.15) is 65.7 Å². The Kier molecular flexibility index (Phi) is 5.92. The van der Waals surface area contributed by atoms with Crippen LogP contribution in [0.25, 0.3) is 0 Å². The van der Waals surface area contributed by atoms with Crippen molar-refractivity contribution in [2.45, 2.75) is 77.8 Å². The summed E-state index contributed by atoms with van der Waals surface area (Å²) in [5, 5.41) is 0. The van der Waals surface area contributed by atoms with Gasteiger partial charge in [-0.15, -0.1) is 0 Å². The molecular formula is C18H36N2. The minimum Gasteiger partial charge on any atom is -0.327 e. The Labute approximate surface area is 126 Å². The second kappa shape index (κ2) is 7.26. The fourth-order valence-corrected chi connectivity index (χ4v) is 4.46. The average Bonchev–Trinajstić information content (AvgIpc) is 2.41. The maximum Gasteiger partial charge on any atom is 0.00948 e. The molecule has 2 nitrogen and oxygen atoms in total. The minimum absolute atomic E-state index is 0.438. The van der Waals surface area contributed by atoms with Gasteiger partial charge in [0.05, 0.1) is 0 Å². The maximum atomic E-state index is 6.42. The lowest BCUT2D eigenvalue weighted by atomic mass is 9.73. The number of rotatable bonds is 4. The lowest BCUT2D eigenvalue weighted by Gasteiger charge is -2.41. The number of nitrogens with zero attached hydrogens (tertiary/aromatic N) is 1. The van der Waals surface area contributed by atoms with Crippen LogP contribution in [0.2, 0.25) is 0 Å². The highest BCUT2D eigenvalue weighted by Crippen LogP contribution is 2.34. The van der Waals surface area contributed by atoms with Crippen LogP contribution in [-0.4, -0.2) is 30.6 Å². The van der Waals surface area contributed by atoms with E-state index in [4.69, 9.17) is 5.73 Å². The monoisotopic (exact) mass is 280 g/mol. The van der Waals surface area contributed by atoms with E-state index in [-0.39, 0.29) is 0 Å². The topological polar surface area (TPSA) is 29.3 Å². The molecule has 2 N–H and O–H groups in total. The molecule has 2 rings (SSSR count). The number of nitrogens with two attached hydrogens (primary N) is 1. The summed E-state index contributed by atoms with van der Waals surface area (Å²) in [6, 6.07) is 1.25. The molecule has 5 atom stereocenters. The maximum absolute atomic E-state index is 6.42. The molecule has 0 bridgehead atoms. The Morgan fingerprint density at radius 1 is 1.10 bits per heavy atom. The van der Waals surface area contributed by atoms with Crippen molar-refractivity contribution in [1.29, 1.82) is 0 Å². The first-order valence-electron chi connectivity index (χ1n) is 8.93. The van der Waals surface area contributed by atoms with Crippen molar-refractivity contribution in [3.63, 3.8) is 0 Å². The zero-order valence-corrected chi connectivity index (χ0v) is 14.1. The fraction of sp³-hybridized carbons (Fsp3) is 1.00. The smallest absolute Gasteiger partial charge is 0.00948 e. The molecule has 0 amide bonds. The van der Waals surface area contributed by atoms with Crippen LogP contribution in [0.5, 0.6) is 0 Å². The second-order valence-electron chi connectivity index (χ2n) is 8.11. The van der Waals surface area contributed by atoms with Crippen molar-refractivity contribution in [2.75, 3.05) is 13.6 Å². The molecule has 0 saturated heterocycles. The van der Waals surface area contributed by atoms with E-state index in [2.05, 4.69) is 32.7 Å². The van der Waals surface area contributed by atoms with Crippen molar-refractivity contribution in [3.8, 4) is 0 Å². The molecule has 2 heteroatoms. The van der Waals surface area contributed by atoms with E-state index in [9.17, 15) is 0 Å². The molecule has 5 unspecified atom stereocenters. The summed E-state index contributed by atoms with van der Waals surface area (Å²) in [5.41, 5.74) is 6.42. The van der Waals surface area contributed by atoms with Crippen molar-refractivity contribution in [3.05, 3.63) is 0 Å². The van der Waals surface area contributed by atoms with E-state index >= 15 is 0 Å². The van der Waals surface area contributed by atoms with Gasteiger partial charge in [-0.25, -0.2) is 0 Å². The van der Waals surface area contributed by atoms with Crippen molar-refractivity contribution >= 4 is 0 Å². The fourth-order valence-electron chi connectivity index (χ4n) is 4.46. The zero-order chi connectivity index (χ0) is 14.7. The quantitative estimate of drug-likeness (QED) is 0.846. The standard InChI is InChI=1S/C18H36N2/c1-13(2)15-8-9-18(19)16(11-15)12-20(4)17-7-5-6-14(3)10-17/h13-18H,5-12,19H2,1-4H3. The zero-order valence-electron chi connectivity index (χ0n) is 14.1. The highest BCUT2D eigenvalue weighted by molar-refractivity contribution is 4.87. The number of hydrogen-bond donors (Lipinski definition) is 1. The molecule has 0 aromatic heterocycles. The van der Waals surface area contributed by atoms with Crippen LogP contribution in [0.15, 0.2) is 0 Å². The average molecular weight is 281 g/mol. The van der Waals surface area contributed by atoms with Crippen molar-refractivity contribution < 1.29 is 0 Å². The van der Waals surface area contributed by atoms with Crippen LogP contribution in [0.3, 0.4) is 0 Å². The van der Waals surface area contributed by atoms with Gasteiger partial charge in [-0.2, -0.15) is 0 Å². The van der Waals surface area contributed by atoms with E-state index in [0.717, 1.165) is 29.7 Å². The highest BCUT2D eigenvalue weighted by Gasteiger charge is 2.32. The summed E-state index contributed by atoms with van der Waals surface area (Å²) in [6.07, 6.45) is 9.58. The molecule has 0 aromatic carbocycles. The first-order chi connectivity index (χ1) is 9.47. The molecule has 0 spiro atoms. The van der Waals surface area contributed by atoms with Gasteiger partial charge in [0, 0.05) is 18.6 Å². The molecule has 0 aromatic rings. The molecule has 0 aliphatic heterocycles. The third kappa shape index (κ3) is 4.21. The van der Waals surface area contributed by atoms with Gasteiger partial charge in [0.25, 0.3) is 0 Å². The molecule has 0 heterocycles. The summed E-state index contributed by atoms with van der Waals surface area (Å²) in [6.45, 7) is 8.40. The van der Waals surface area contributed by atoms with Crippen LogP contribution in [-0.2, 0) is 0 Å². The van der Waals surface area contributed by atoms with Crippen molar-refractivity contribution in [2.24, 2.45) is 29.4 Å². The van der Waals surface area contributed by atoms with Gasteiger partial charge in [-0.1, -0.05) is 33.6 Å². The summed E-state index contributed by atoms with van der Waals surface area (Å²) >= 11 is 0. The Hall–Kier alpha value is -0.0800. The third-order valence-corrected chi connectivity index (χ3v) is 6.08. The Bertz CT molecular complexity index is 289. The minimum atomic E-state index is 0.438. The Balaban J connectivity index is 1.86. The summed E-state index contributed by atoms with van der Waals surface area (Å²) < 4.78 is 0. The molecule has 20 heavy (non-hydrogen) atoms.